The van der Waals surface area contributed by atoms with Crippen molar-refractivity contribution in [2.24, 2.45) is 0 Å². The van der Waals surface area contributed by atoms with Crippen LogP contribution in [0.3, 0.4) is 0 Å². The van der Waals surface area contributed by atoms with Crippen molar-refractivity contribution in [2.45, 2.75) is 13.8 Å². The predicted octanol–water partition coefficient (Wildman–Crippen LogP) is 6.55. The summed E-state index contributed by atoms with van der Waals surface area (Å²) >= 11 is 7.33. The number of hydrogen-bond acceptors (Lipinski definition) is 5. The average molecular weight is 440 g/mol. The maximum Gasteiger partial charge on any atom is 0.341 e. The molecule has 1 amide bonds. The number of halogens is 1. The SMILES string of the molecule is CCOC(=O)c1c(NC(=O)c2cc3ccccc3o2)sc(C)c1-c1ccc(Cl)cc1. The van der Waals surface area contributed by atoms with E-state index in [0.29, 0.717) is 21.2 Å². The molecule has 4 aromatic rings. The molecule has 0 aliphatic heterocycles. The van der Waals surface area contributed by atoms with Crippen LogP contribution in [0.4, 0.5) is 5.00 Å². The highest BCUT2D eigenvalue weighted by atomic mass is 35.5. The molecule has 0 aliphatic carbocycles. The fourth-order valence-corrected chi connectivity index (χ4v) is 4.44. The van der Waals surface area contributed by atoms with E-state index >= 15 is 0 Å². The van der Waals surface area contributed by atoms with Crippen molar-refractivity contribution < 1.29 is 18.7 Å². The Labute approximate surface area is 182 Å². The second kappa shape index (κ2) is 8.34. The summed E-state index contributed by atoms with van der Waals surface area (Å²) in [7, 11) is 0. The lowest BCUT2D eigenvalue weighted by molar-refractivity contribution is 0.0529. The van der Waals surface area contributed by atoms with E-state index in [0.717, 1.165) is 21.4 Å². The van der Waals surface area contributed by atoms with Crippen molar-refractivity contribution in [3.63, 3.8) is 0 Å². The van der Waals surface area contributed by atoms with Gasteiger partial charge in [0.25, 0.3) is 5.91 Å². The molecule has 2 aromatic heterocycles. The first-order valence-electron chi connectivity index (χ1n) is 9.34. The Morgan fingerprint density at radius 1 is 1.13 bits per heavy atom. The number of amides is 1. The van der Waals surface area contributed by atoms with Crippen LogP contribution in [0.1, 0.15) is 32.7 Å². The maximum atomic E-state index is 12.9. The van der Waals surface area contributed by atoms with Gasteiger partial charge in [-0.15, -0.1) is 11.3 Å². The van der Waals surface area contributed by atoms with Crippen LogP contribution in [0.5, 0.6) is 0 Å². The Kier molecular flexibility index (Phi) is 5.61. The van der Waals surface area contributed by atoms with Gasteiger partial charge in [-0.05, 0) is 43.7 Å². The lowest BCUT2D eigenvalue weighted by atomic mass is 10.0. The fourth-order valence-electron chi connectivity index (χ4n) is 3.25. The highest BCUT2D eigenvalue weighted by Crippen LogP contribution is 2.41. The van der Waals surface area contributed by atoms with Crippen molar-refractivity contribution >= 4 is 50.8 Å². The van der Waals surface area contributed by atoms with Crippen molar-refractivity contribution in [3.05, 3.63) is 75.8 Å². The van der Waals surface area contributed by atoms with Crippen LogP contribution in [-0.2, 0) is 4.74 Å². The number of rotatable bonds is 5. The number of benzene rings is 2. The molecule has 30 heavy (non-hydrogen) atoms. The third-order valence-electron chi connectivity index (χ3n) is 4.57. The van der Waals surface area contributed by atoms with E-state index < -0.39 is 11.9 Å². The van der Waals surface area contributed by atoms with Gasteiger partial charge in [-0.2, -0.15) is 0 Å². The van der Waals surface area contributed by atoms with E-state index in [-0.39, 0.29) is 12.4 Å². The number of carbonyl (C=O) groups is 2. The minimum absolute atomic E-state index is 0.171. The summed E-state index contributed by atoms with van der Waals surface area (Å²) in [6, 6.07) is 16.3. The standard InChI is InChI=1S/C23H18ClNO4S/c1-3-28-23(27)20-19(14-8-10-16(24)11-9-14)13(2)30-22(20)25-21(26)18-12-15-6-4-5-7-17(15)29-18/h4-12H,3H2,1-2H3,(H,25,26). The second-order valence-corrected chi connectivity index (χ2v) is 8.23. The van der Waals surface area contributed by atoms with Crippen LogP contribution in [-0.4, -0.2) is 18.5 Å². The zero-order valence-electron chi connectivity index (χ0n) is 16.3. The fraction of sp³-hybridized carbons (Fsp3) is 0.130. The molecule has 0 fully saturated rings. The van der Waals surface area contributed by atoms with E-state index in [1.165, 1.54) is 11.3 Å². The molecule has 152 valence electrons. The Bertz CT molecular complexity index is 1210. The van der Waals surface area contributed by atoms with E-state index in [1.54, 1.807) is 31.2 Å². The van der Waals surface area contributed by atoms with Crippen molar-refractivity contribution in [1.29, 1.82) is 0 Å². The zero-order chi connectivity index (χ0) is 21.3. The summed E-state index contributed by atoms with van der Waals surface area (Å²) in [5.74, 6) is -0.752. The van der Waals surface area contributed by atoms with Crippen LogP contribution < -0.4 is 5.32 Å². The molecule has 1 N–H and O–H groups in total. The Hall–Kier alpha value is -3.09. The third kappa shape index (κ3) is 3.84. The highest BCUT2D eigenvalue weighted by Gasteiger charge is 2.26. The Morgan fingerprint density at radius 2 is 1.87 bits per heavy atom. The van der Waals surface area contributed by atoms with Gasteiger partial charge in [0, 0.05) is 20.8 Å². The quantitative estimate of drug-likeness (QED) is 0.358. The van der Waals surface area contributed by atoms with Gasteiger partial charge in [0.1, 0.15) is 16.1 Å². The number of anilines is 1. The number of hydrogen-bond donors (Lipinski definition) is 1. The molecule has 0 saturated carbocycles. The number of nitrogens with one attached hydrogen (secondary N) is 1. The van der Waals surface area contributed by atoms with Gasteiger partial charge >= 0.3 is 5.97 Å². The number of esters is 1. The van der Waals surface area contributed by atoms with Gasteiger partial charge in [0.15, 0.2) is 5.76 Å². The van der Waals surface area contributed by atoms with Gasteiger partial charge in [0.2, 0.25) is 0 Å². The molecule has 0 saturated heterocycles. The topological polar surface area (TPSA) is 68.5 Å². The van der Waals surface area contributed by atoms with E-state index in [2.05, 4.69) is 5.32 Å². The first-order chi connectivity index (χ1) is 14.5. The molecule has 4 rings (SSSR count). The molecule has 0 radical (unpaired) electrons. The summed E-state index contributed by atoms with van der Waals surface area (Å²) in [5.41, 5.74) is 2.49. The number of thiophene rings is 1. The molecular weight excluding hydrogens is 422 g/mol. The lowest BCUT2D eigenvalue weighted by Gasteiger charge is -2.09. The number of carbonyl (C=O) groups excluding carboxylic acids is 2. The first-order valence-corrected chi connectivity index (χ1v) is 10.5. The van der Waals surface area contributed by atoms with Crippen LogP contribution >= 0.6 is 22.9 Å². The summed E-state index contributed by atoms with van der Waals surface area (Å²) in [6.07, 6.45) is 0. The van der Waals surface area contributed by atoms with E-state index in [4.69, 9.17) is 20.8 Å². The molecule has 2 aromatic carbocycles. The van der Waals surface area contributed by atoms with Gasteiger partial charge < -0.3 is 14.5 Å². The maximum absolute atomic E-state index is 12.9. The minimum Gasteiger partial charge on any atom is -0.462 e. The number of fused-ring (bicyclic) bond motifs is 1. The molecule has 0 bridgehead atoms. The largest absolute Gasteiger partial charge is 0.462 e. The summed E-state index contributed by atoms with van der Waals surface area (Å²) < 4.78 is 10.9. The van der Waals surface area contributed by atoms with Gasteiger partial charge in [0.05, 0.1) is 6.61 Å². The monoisotopic (exact) mass is 439 g/mol. The molecule has 2 heterocycles. The summed E-state index contributed by atoms with van der Waals surface area (Å²) in [4.78, 5) is 26.5. The Morgan fingerprint density at radius 3 is 2.57 bits per heavy atom. The molecule has 0 aliphatic rings. The number of para-hydroxylation sites is 1. The smallest absolute Gasteiger partial charge is 0.341 e. The van der Waals surface area contributed by atoms with Gasteiger partial charge in [-0.25, -0.2) is 4.79 Å². The molecule has 0 spiro atoms. The molecule has 5 nitrogen and oxygen atoms in total. The number of furan rings is 1. The van der Waals surface area contributed by atoms with Crippen LogP contribution in [0.25, 0.3) is 22.1 Å². The molecular formula is C23H18ClNO4S. The minimum atomic E-state index is -0.494. The van der Waals surface area contributed by atoms with Crippen molar-refractivity contribution in [3.8, 4) is 11.1 Å². The third-order valence-corrected chi connectivity index (χ3v) is 5.85. The van der Waals surface area contributed by atoms with E-state index in [1.807, 2.05) is 37.3 Å². The van der Waals surface area contributed by atoms with Crippen LogP contribution in [0.2, 0.25) is 5.02 Å². The second-order valence-electron chi connectivity index (χ2n) is 6.57. The Balaban J connectivity index is 1.75. The van der Waals surface area contributed by atoms with Crippen molar-refractivity contribution in [1.82, 2.24) is 0 Å². The van der Waals surface area contributed by atoms with Crippen LogP contribution in [0, 0.1) is 6.92 Å². The van der Waals surface area contributed by atoms with E-state index in [9.17, 15) is 9.59 Å². The number of ether oxygens (including phenoxy) is 1. The average Bonchev–Trinajstić information content (AvgIpc) is 3.30. The van der Waals surface area contributed by atoms with Gasteiger partial charge in [-0.1, -0.05) is 41.9 Å². The predicted molar refractivity (Wildman–Crippen MR) is 120 cm³/mol. The molecule has 0 atom stereocenters. The summed E-state index contributed by atoms with van der Waals surface area (Å²) in [5, 5.41) is 4.68. The normalized spacial score (nSPS) is 10.9. The molecule has 0 unspecified atom stereocenters. The highest BCUT2D eigenvalue weighted by molar-refractivity contribution is 7.17. The lowest BCUT2D eigenvalue weighted by Crippen LogP contribution is -2.14. The van der Waals surface area contributed by atoms with Crippen LogP contribution in [0.15, 0.2) is 59.0 Å². The number of aryl methyl sites for hydroxylation is 1. The van der Waals surface area contributed by atoms with Crippen molar-refractivity contribution in [2.75, 3.05) is 11.9 Å². The summed E-state index contributed by atoms with van der Waals surface area (Å²) in [6.45, 7) is 3.87. The first kappa shape index (κ1) is 20.2. The zero-order valence-corrected chi connectivity index (χ0v) is 17.9. The van der Waals surface area contributed by atoms with Gasteiger partial charge in [-0.3, -0.25) is 4.79 Å². The molecule has 7 heteroatoms.